The molecule has 0 radical (unpaired) electrons. The van der Waals surface area contributed by atoms with Crippen molar-refractivity contribution in [2.45, 2.75) is 46.7 Å². The van der Waals surface area contributed by atoms with Crippen molar-refractivity contribution in [3.8, 4) is 0 Å². The Labute approximate surface area is 115 Å². The molecular weight excluding hydrogens is 246 g/mol. The van der Waals surface area contributed by atoms with E-state index in [4.69, 9.17) is 9.47 Å². The lowest BCUT2D eigenvalue weighted by Gasteiger charge is -2.42. The highest BCUT2D eigenvalue weighted by Gasteiger charge is 2.46. The molecule has 5 heteroatoms. The second-order valence-corrected chi connectivity index (χ2v) is 5.16. The lowest BCUT2D eigenvalue weighted by Crippen LogP contribution is -2.58. The maximum Gasteiger partial charge on any atom is 0.310 e. The van der Waals surface area contributed by atoms with Crippen molar-refractivity contribution >= 4 is 11.9 Å². The second-order valence-electron chi connectivity index (χ2n) is 5.16. The highest BCUT2D eigenvalue weighted by Crippen LogP contribution is 2.33. The number of carbonyl (C=O) groups is 2. The van der Waals surface area contributed by atoms with Gasteiger partial charge in [0, 0.05) is 12.1 Å². The van der Waals surface area contributed by atoms with Crippen LogP contribution < -0.4 is 5.32 Å². The minimum atomic E-state index is -0.314. The minimum absolute atomic E-state index is 0.00488. The minimum Gasteiger partial charge on any atom is -0.466 e. The molecule has 19 heavy (non-hydrogen) atoms. The lowest BCUT2D eigenvalue weighted by atomic mass is 9.72. The Hall–Kier alpha value is -1.10. The second kappa shape index (κ2) is 6.89. The SMILES string of the molecule is CCOC(=O)[C@H]1C(C)[C@H](C(=O)OCC)[C@@H](C)N[C@H]1C. The van der Waals surface area contributed by atoms with Gasteiger partial charge in [-0.3, -0.25) is 9.59 Å². The van der Waals surface area contributed by atoms with E-state index in [0.29, 0.717) is 13.2 Å². The van der Waals surface area contributed by atoms with E-state index in [1.165, 1.54) is 0 Å². The van der Waals surface area contributed by atoms with Gasteiger partial charge in [0.2, 0.25) is 0 Å². The molecule has 0 amide bonds. The summed E-state index contributed by atoms with van der Waals surface area (Å²) in [5.41, 5.74) is 0. The highest BCUT2D eigenvalue weighted by atomic mass is 16.5. The Morgan fingerprint density at radius 1 is 0.895 bits per heavy atom. The van der Waals surface area contributed by atoms with Crippen LogP contribution in [-0.2, 0) is 19.1 Å². The molecule has 0 bridgehead atoms. The molecule has 0 spiro atoms. The van der Waals surface area contributed by atoms with Gasteiger partial charge in [0.25, 0.3) is 0 Å². The third kappa shape index (κ3) is 3.47. The van der Waals surface area contributed by atoms with Gasteiger partial charge in [-0.2, -0.15) is 0 Å². The van der Waals surface area contributed by atoms with E-state index in [-0.39, 0.29) is 41.8 Å². The summed E-state index contributed by atoms with van der Waals surface area (Å²) in [4.78, 5) is 24.1. The number of nitrogens with one attached hydrogen (secondary N) is 1. The van der Waals surface area contributed by atoms with Crippen LogP contribution in [-0.4, -0.2) is 37.2 Å². The number of esters is 2. The molecule has 1 saturated heterocycles. The molecule has 5 nitrogen and oxygen atoms in total. The van der Waals surface area contributed by atoms with Crippen molar-refractivity contribution in [1.82, 2.24) is 5.32 Å². The zero-order valence-electron chi connectivity index (χ0n) is 12.4. The number of hydrogen-bond donors (Lipinski definition) is 1. The normalized spacial score (nSPS) is 34.7. The van der Waals surface area contributed by atoms with Gasteiger partial charge in [-0.15, -0.1) is 0 Å². The molecule has 5 atom stereocenters. The van der Waals surface area contributed by atoms with E-state index < -0.39 is 0 Å². The van der Waals surface area contributed by atoms with Crippen LogP contribution in [0.15, 0.2) is 0 Å². The quantitative estimate of drug-likeness (QED) is 0.782. The molecule has 1 heterocycles. The largest absolute Gasteiger partial charge is 0.466 e. The molecule has 0 aromatic rings. The van der Waals surface area contributed by atoms with Crippen molar-refractivity contribution in [1.29, 1.82) is 0 Å². The average Bonchev–Trinajstić information content (AvgIpc) is 2.28. The summed E-state index contributed by atoms with van der Waals surface area (Å²) in [5.74, 6) is -1.20. The maximum absolute atomic E-state index is 12.0. The molecule has 1 fully saturated rings. The number of ether oxygens (including phenoxy) is 2. The maximum atomic E-state index is 12.0. The van der Waals surface area contributed by atoms with Crippen LogP contribution in [0.4, 0.5) is 0 Å². The van der Waals surface area contributed by atoms with Crippen molar-refractivity contribution < 1.29 is 19.1 Å². The first-order chi connectivity index (χ1) is 8.93. The smallest absolute Gasteiger partial charge is 0.310 e. The van der Waals surface area contributed by atoms with Crippen LogP contribution in [0.25, 0.3) is 0 Å². The number of piperidine rings is 1. The Kier molecular flexibility index (Phi) is 5.79. The van der Waals surface area contributed by atoms with Gasteiger partial charge in [0.05, 0.1) is 25.0 Å². The molecule has 1 rings (SSSR count). The van der Waals surface area contributed by atoms with Gasteiger partial charge in [0.1, 0.15) is 0 Å². The molecule has 0 aliphatic carbocycles. The van der Waals surface area contributed by atoms with Crippen LogP contribution in [0.1, 0.15) is 34.6 Å². The zero-order chi connectivity index (χ0) is 14.6. The molecule has 0 aromatic carbocycles. The van der Waals surface area contributed by atoms with E-state index >= 15 is 0 Å². The summed E-state index contributed by atoms with van der Waals surface area (Å²) >= 11 is 0. The van der Waals surface area contributed by atoms with E-state index in [0.717, 1.165) is 0 Å². The summed E-state index contributed by atoms with van der Waals surface area (Å²) < 4.78 is 10.2. The number of rotatable bonds is 4. The predicted octanol–water partition coefficient (Wildman–Crippen LogP) is 1.36. The Bertz CT molecular complexity index is 301. The van der Waals surface area contributed by atoms with E-state index in [2.05, 4.69) is 5.32 Å². The zero-order valence-corrected chi connectivity index (χ0v) is 12.4. The molecule has 110 valence electrons. The van der Waals surface area contributed by atoms with Crippen LogP contribution >= 0.6 is 0 Å². The van der Waals surface area contributed by atoms with Crippen LogP contribution in [0.5, 0.6) is 0 Å². The third-order valence-electron chi connectivity index (χ3n) is 3.85. The van der Waals surface area contributed by atoms with Crippen molar-refractivity contribution in [3.63, 3.8) is 0 Å². The van der Waals surface area contributed by atoms with Crippen LogP contribution in [0, 0.1) is 17.8 Å². The monoisotopic (exact) mass is 271 g/mol. The molecule has 0 saturated carbocycles. The van der Waals surface area contributed by atoms with Gasteiger partial charge in [0.15, 0.2) is 0 Å². The molecular formula is C14H25NO4. The summed E-state index contributed by atoms with van der Waals surface area (Å²) in [6.45, 7) is 10.1. The fraction of sp³-hybridized carbons (Fsp3) is 0.857. The van der Waals surface area contributed by atoms with Crippen LogP contribution in [0.2, 0.25) is 0 Å². The molecule has 1 aliphatic rings. The molecule has 1 aliphatic heterocycles. The van der Waals surface area contributed by atoms with Gasteiger partial charge < -0.3 is 14.8 Å². The van der Waals surface area contributed by atoms with Crippen molar-refractivity contribution in [2.24, 2.45) is 17.8 Å². The van der Waals surface area contributed by atoms with Crippen molar-refractivity contribution in [2.75, 3.05) is 13.2 Å². The summed E-state index contributed by atoms with van der Waals surface area (Å²) in [6, 6.07) is -0.00977. The lowest BCUT2D eigenvalue weighted by molar-refractivity contribution is -0.160. The van der Waals surface area contributed by atoms with Gasteiger partial charge >= 0.3 is 11.9 Å². The molecule has 1 unspecified atom stereocenters. The van der Waals surface area contributed by atoms with Crippen LogP contribution in [0.3, 0.4) is 0 Å². The Morgan fingerprint density at radius 3 is 1.58 bits per heavy atom. The Morgan fingerprint density at radius 2 is 1.26 bits per heavy atom. The standard InChI is InChI=1S/C14H25NO4/c1-6-18-13(16)11-8(3)12(14(17)19-7-2)10(5)15-9(11)4/h8-12,15H,6-7H2,1-5H3/t8?,9-,10+,11-,12-/m0/s1. The first-order valence-electron chi connectivity index (χ1n) is 7.03. The first kappa shape index (κ1) is 16.0. The molecule has 1 N–H and O–H groups in total. The average molecular weight is 271 g/mol. The molecule has 0 aromatic heterocycles. The summed E-state index contributed by atoms with van der Waals surface area (Å²) in [5, 5.41) is 3.29. The first-order valence-corrected chi connectivity index (χ1v) is 7.03. The summed E-state index contributed by atoms with van der Waals surface area (Å²) in [7, 11) is 0. The van der Waals surface area contributed by atoms with E-state index in [1.54, 1.807) is 13.8 Å². The number of carbonyl (C=O) groups excluding carboxylic acids is 2. The highest BCUT2D eigenvalue weighted by molar-refractivity contribution is 5.78. The van der Waals surface area contributed by atoms with E-state index in [1.807, 2.05) is 20.8 Å². The third-order valence-corrected chi connectivity index (χ3v) is 3.85. The van der Waals surface area contributed by atoms with Gasteiger partial charge in [-0.25, -0.2) is 0 Å². The Balaban J connectivity index is 2.89. The predicted molar refractivity (Wildman–Crippen MR) is 71.5 cm³/mol. The summed E-state index contributed by atoms with van der Waals surface area (Å²) in [6.07, 6.45) is 0. The fourth-order valence-corrected chi connectivity index (χ4v) is 3.07. The fourth-order valence-electron chi connectivity index (χ4n) is 3.07. The van der Waals surface area contributed by atoms with E-state index in [9.17, 15) is 9.59 Å². The topological polar surface area (TPSA) is 64.6 Å². The number of hydrogen-bond acceptors (Lipinski definition) is 5. The van der Waals surface area contributed by atoms with Gasteiger partial charge in [-0.1, -0.05) is 6.92 Å². The van der Waals surface area contributed by atoms with Gasteiger partial charge in [-0.05, 0) is 33.6 Å². The van der Waals surface area contributed by atoms with Crippen molar-refractivity contribution in [3.05, 3.63) is 0 Å².